The molecule has 0 spiro atoms. The van der Waals surface area contributed by atoms with E-state index in [1.165, 1.54) is 0 Å². The minimum Gasteiger partial charge on any atom is -0.111 e. The van der Waals surface area contributed by atoms with Gasteiger partial charge >= 0.3 is 0 Å². The second-order valence-corrected chi connectivity index (χ2v) is 1.30. The maximum absolute atomic E-state index is 11.7. The van der Waals surface area contributed by atoms with Gasteiger partial charge in [-0.2, -0.15) is 0 Å². The molecule has 0 aliphatic heterocycles. The quantitative estimate of drug-likeness (QED) is 0.517. The first-order chi connectivity index (χ1) is 3.83. The second-order valence-electron chi connectivity index (χ2n) is 1.30. The van der Waals surface area contributed by atoms with E-state index in [0.717, 1.165) is 0 Å². The van der Waals surface area contributed by atoms with Crippen LogP contribution in [0.1, 0.15) is 12.7 Å². The summed E-state index contributed by atoms with van der Waals surface area (Å²) in [6.07, 6.45) is 0.615. The van der Waals surface area contributed by atoms with Crippen molar-refractivity contribution in [1.29, 1.82) is 0 Å². The highest BCUT2D eigenvalue weighted by Crippen LogP contribution is 1.84. The Morgan fingerprint density at radius 3 is 2.75 bits per heavy atom. The van der Waals surface area contributed by atoms with Crippen molar-refractivity contribution < 1.29 is 4.48 Å². The zero-order valence-corrected chi connectivity index (χ0v) is 4.37. The summed E-state index contributed by atoms with van der Waals surface area (Å²) in [5.74, 6) is 0.424. The van der Waals surface area contributed by atoms with Crippen molar-refractivity contribution in [3.63, 3.8) is 0 Å². The van der Waals surface area contributed by atoms with Crippen LogP contribution in [0.25, 0.3) is 0 Å². The van der Waals surface area contributed by atoms with Gasteiger partial charge < -0.3 is 0 Å². The summed E-state index contributed by atoms with van der Waals surface area (Å²) in [4.78, 5) is 0. The minimum atomic E-state index is -0.0428. The maximum Gasteiger partial charge on any atom is 0.177 e. The van der Waals surface area contributed by atoms with E-state index in [2.05, 4.69) is 15.4 Å². The fourth-order valence-corrected chi connectivity index (χ4v) is 0.365. The van der Waals surface area contributed by atoms with Crippen molar-refractivity contribution in [2.75, 3.05) is 0 Å². The van der Waals surface area contributed by atoms with E-state index >= 15 is 0 Å². The Kier molecular flexibility index (Phi) is 1.19. The highest BCUT2D eigenvalue weighted by atomic mass is 19.2. The van der Waals surface area contributed by atoms with Crippen LogP contribution in [0.4, 0.5) is 4.48 Å². The first-order valence-corrected chi connectivity index (χ1v) is 2.28. The standard InChI is InChI=1S/C3H5FN4/c1-2-3-5-7-8(4)6-3/h2H2,1H3. The fraction of sp³-hybridized carbons (Fsp3) is 0.667. The molecule has 0 aromatic carbocycles. The Balaban J connectivity index is 2.84. The van der Waals surface area contributed by atoms with Crippen LogP contribution in [0.5, 0.6) is 0 Å². The average molecular weight is 116 g/mol. The van der Waals surface area contributed by atoms with Gasteiger partial charge in [0, 0.05) is 11.4 Å². The predicted octanol–water partition coefficient (Wildman–Crippen LogP) is -0.0319. The third-order valence-electron chi connectivity index (χ3n) is 0.748. The van der Waals surface area contributed by atoms with Gasteiger partial charge in [-0.05, 0) is 5.21 Å². The first kappa shape index (κ1) is 5.14. The molecule has 1 aromatic heterocycles. The number of aromatic nitrogens is 4. The molecule has 44 valence electrons. The van der Waals surface area contributed by atoms with Crippen LogP contribution >= 0.6 is 0 Å². The molecule has 0 saturated carbocycles. The molecule has 1 heterocycles. The Morgan fingerprint density at radius 2 is 2.50 bits per heavy atom. The molecule has 4 nitrogen and oxygen atoms in total. The van der Waals surface area contributed by atoms with E-state index in [1.54, 1.807) is 0 Å². The lowest BCUT2D eigenvalue weighted by Crippen LogP contribution is -1.86. The van der Waals surface area contributed by atoms with Gasteiger partial charge in [-0.15, -0.1) is 10.2 Å². The van der Waals surface area contributed by atoms with Crippen molar-refractivity contribution >= 4 is 0 Å². The number of tetrazole rings is 1. The molecule has 8 heavy (non-hydrogen) atoms. The first-order valence-electron chi connectivity index (χ1n) is 2.28. The molecule has 0 amide bonds. The third-order valence-corrected chi connectivity index (χ3v) is 0.748. The summed E-state index contributed by atoms with van der Waals surface area (Å²) >= 11 is 0. The highest BCUT2D eigenvalue weighted by Gasteiger charge is 1.94. The molecule has 0 radical (unpaired) electrons. The third kappa shape index (κ3) is 0.800. The van der Waals surface area contributed by atoms with Crippen LogP contribution in [-0.4, -0.2) is 20.4 Å². The molecule has 0 aliphatic carbocycles. The van der Waals surface area contributed by atoms with Crippen molar-refractivity contribution in [3.8, 4) is 0 Å². The summed E-state index contributed by atoms with van der Waals surface area (Å²) in [6.45, 7) is 1.83. The van der Waals surface area contributed by atoms with Gasteiger partial charge in [-0.1, -0.05) is 11.4 Å². The zero-order valence-electron chi connectivity index (χ0n) is 4.37. The normalized spacial score (nSPS) is 9.75. The molecule has 0 N–H and O–H groups in total. The Bertz CT molecular complexity index is 172. The van der Waals surface area contributed by atoms with E-state index in [1.807, 2.05) is 6.92 Å². The van der Waals surface area contributed by atoms with E-state index in [9.17, 15) is 4.48 Å². The second kappa shape index (κ2) is 1.85. The van der Waals surface area contributed by atoms with Gasteiger partial charge in [0.2, 0.25) is 0 Å². The number of hydrogen-bond acceptors (Lipinski definition) is 3. The Morgan fingerprint density at radius 1 is 1.75 bits per heavy atom. The van der Waals surface area contributed by atoms with Crippen LogP contribution in [0, 0.1) is 0 Å². The van der Waals surface area contributed by atoms with E-state index in [0.29, 0.717) is 12.2 Å². The molecule has 1 rings (SSSR count). The lowest BCUT2D eigenvalue weighted by molar-refractivity contribution is 0.257. The molecule has 0 aliphatic rings. The number of halogens is 1. The Hall–Kier alpha value is -1.00. The van der Waals surface area contributed by atoms with Gasteiger partial charge in [-0.3, -0.25) is 0 Å². The van der Waals surface area contributed by atoms with Crippen LogP contribution in [0.15, 0.2) is 0 Å². The van der Waals surface area contributed by atoms with Gasteiger partial charge in [-0.25, -0.2) is 0 Å². The largest absolute Gasteiger partial charge is 0.177 e. The summed E-state index contributed by atoms with van der Waals surface area (Å²) in [6, 6.07) is 0. The zero-order chi connectivity index (χ0) is 5.98. The fourth-order valence-electron chi connectivity index (χ4n) is 0.365. The van der Waals surface area contributed by atoms with Crippen LogP contribution in [0.3, 0.4) is 0 Å². The lowest BCUT2D eigenvalue weighted by Gasteiger charge is -1.74. The van der Waals surface area contributed by atoms with Crippen molar-refractivity contribution in [3.05, 3.63) is 5.82 Å². The summed E-state index contributed by atoms with van der Waals surface area (Å²) in [5, 5.41) is 9.55. The minimum absolute atomic E-state index is 0.0428. The summed E-state index contributed by atoms with van der Waals surface area (Å²) in [5.41, 5.74) is 0. The number of hydrogen-bond donors (Lipinski definition) is 0. The smallest absolute Gasteiger partial charge is 0.111 e. The highest BCUT2D eigenvalue weighted by molar-refractivity contribution is 4.72. The van der Waals surface area contributed by atoms with E-state index < -0.39 is 0 Å². The van der Waals surface area contributed by atoms with Crippen LogP contribution in [-0.2, 0) is 6.42 Å². The molecule has 5 heteroatoms. The predicted molar refractivity (Wildman–Crippen MR) is 23.7 cm³/mol. The molecule has 1 aromatic rings. The molecule has 0 unspecified atom stereocenters. The molecular weight excluding hydrogens is 111 g/mol. The number of nitrogens with zero attached hydrogens (tertiary/aromatic N) is 4. The molecule has 0 fully saturated rings. The Labute approximate surface area is 45.2 Å². The van der Waals surface area contributed by atoms with E-state index in [-0.39, 0.29) is 5.02 Å². The van der Waals surface area contributed by atoms with Crippen molar-refractivity contribution in [2.45, 2.75) is 13.3 Å². The maximum atomic E-state index is 11.7. The van der Waals surface area contributed by atoms with Gasteiger partial charge in [0.05, 0.1) is 0 Å². The number of rotatable bonds is 1. The van der Waals surface area contributed by atoms with E-state index in [4.69, 9.17) is 0 Å². The van der Waals surface area contributed by atoms with Crippen molar-refractivity contribution in [2.24, 2.45) is 0 Å². The number of aryl methyl sites for hydroxylation is 1. The summed E-state index contributed by atoms with van der Waals surface area (Å²) in [7, 11) is 0. The SMILES string of the molecule is CCc1nnn(F)n1. The van der Waals surface area contributed by atoms with Crippen LogP contribution < -0.4 is 0 Å². The van der Waals surface area contributed by atoms with Gasteiger partial charge in [0.15, 0.2) is 5.82 Å². The molecule has 0 bridgehead atoms. The van der Waals surface area contributed by atoms with Gasteiger partial charge in [0.1, 0.15) is 0 Å². The summed E-state index contributed by atoms with van der Waals surface area (Å²) < 4.78 is 11.7. The monoisotopic (exact) mass is 116 g/mol. The molecule has 0 saturated heterocycles. The molecule has 0 atom stereocenters. The molecular formula is C3H5FN4. The van der Waals surface area contributed by atoms with Crippen LogP contribution in [0.2, 0.25) is 0 Å². The van der Waals surface area contributed by atoms with Crippen molar-refractivity contribution in [1.82, 2.24) is 20.4 Å². The average Bonchev–Trinajstić information content (AvgIpc) is 2.14. The topological polar surface area (TPSA) is 43.6 Å². The lowest BCUT2D eigenvalue weighted by atomic mass is 10.5. The van der Waals surface area contributed by atoms with Gasteiger partial charge in [0.25, 0.3) is 0 Å².